The minimum atomic E-state index is -0.284. The maximum absolute atomic E-state index is 12.2. The van der Waals surface area contributed by atoms with E-state index in [2.05, 4.69) is 5.32 Å². The number of benzene rings is 1. The van der Waals surface area contributed by atoms with Crippen LogP contribution in [-0.4, -0.2) is 24.2 Å². The van der Waals surface area contributed by atoms with Crippen molar-refractivity contribution in [1.82, 2.24) is 5.32 Å². The van der Waals surface area contributed by atoms with Gasteiger partial charge in [0.2, 0.25) is 0 Å². The molecule has 0 saturated carbocycles. The zero-order valence-corrected chi connectivity index (χ0v) is 11.5. The number of nitrogens with one attached hydrogen (secondary N) is 1. The lowest BCUT2D eigenvalue weighted by molar-refractivity contribution is 0.0727. The van der Waals surface area contributed by atoms with Gasteiger partial charge in [-0.2, -0.15) is 0 Å². The van der Waals surface area contributed by atoms with Crippen molar-refractivity contribution in [2.75, 3.05) is 6.61 Å². The second kappa shape index (κ2) is 5.29. The summed E-state index contributed by atoms with van der Waals surface area (Å²) in [5, 5.41) is 3.07. The molecular formula is C14H18ClNO2. The van der Waals surface area contributed by atoms with Crippen molar-refractivity contribution in [2.24, 2.45) is 0 Å². The summed E-state index contributed by atoms with van der Waals surface area (Å²) in [6.45, 7) is 4.70. The summed E-state index contributed by atoms with van der Waals surface area (Å²) in [6, 6.07) is 7.39. The highest BCUT2D eigenvalue weighted by Gasteiger charge is 2.38. The van der Waals surface area contributed by atoms with Gasteiger partial charge in [-0.15, -0.1) is 11.6 Å². The van der Waals surface area contributed by atoms with Gasteiger partial charge in [0.25, 0.3) is 5.91 Å². The molecule has 1 aromatic carbocycles. The van der Waals surface area contributed by atoms with E-state index in [0.29, 0.717) is 18.1 Å². The molecule has 1 fully saturated rings. The van der Waals surface area contributed by atoms with Gasteiger partial charge in [-0.05, 0) is 38.0 Å². The van der Waals surface area contributed by atoms with Crippen molar-refractivity contribution < 1.29 is 9.53 Å². The second-order valence-corrected chi connectivity index (χ2v) is 5.24. The molecule has 2 atom stereocenters. The van der Waals surface area contributed by atoms with Crippen molar-refractivity contribution in [3.63, 3.8) is 0 Å². The number of carbonyl (C=O) groups excluding carboxylic acids is 1. The SMILES string of the molecule is CC1OCCC1(C)NC(=O)c1cccc(CCl)c1. The highest BCUT2D eigenvalue weighted by atomic mass is 35.5. The molecule has 1 amide bonds. The molecule has 2 rings (SSSR count). The first-order chi connectivity index (χ1) is 8.55. The van der Waals surface area contributed by atoms with Crippen LogP contribution in [-0.2, 0) is 10.6 Å². The fraction of sp³-hybridized carbons (Fsp3) is 0.500. The maximum Gasteiger partial charge on any atom is 0.251 e. The summed E-state index contributed by atoms with van der Waals surface area (Å²) in [5.74, 6) is 0.347. The molecule has 4 heteroatoms. The molecule has 0 radical (unpaired) electrons. The molecule has 1 aromatic rings. The van der Waals surface area contributed by atoms with Crippen LogP contribution in [0, 0.1) is 0 Å². The van der Waals surface area contributed by atoms with Gasteiger partial charge in [0.05, 0.1) is 11.6 Å². The van der Waals surface area contributed by atoms with Crippen LogP contribution in [0.25, 0.3) is 0 Å². The zero-order valence-electron chi connectivity index (χ0n) is 10.7. The number of carbonyl (C=O) groups is 1. The van der Waals surface area contributed by atoms with E-state index in [0.717, 1.165) is 12.0 Å². The molecule has 98 valence electrons. The molecular weight excluding hydrogens is 250 g/mol. The lowest BCUT2D eigenvalue weighted by Crippen LogP contribution is -2.50. The number of alkyl halides is 1. The average Bonchev–Trinajstić information content (AvgIpc) is 2.69. The van der Waals surface area contributed by atoms with Gasteiger partial charge in [0.15, 0.2) is 0 Å². The van der Waals surface area contributed by atoms with Crippen molar-refractivity contribution in [3.05, 3.63) is 35.4 Å². The summed E-state index contributed by atoms with van der Waals surface area (Å²) >= 11 is 5.77. The van der Waals surface area contributed by atoms with Crippen LogP contribution < -0.4 is 5.32 Å². The molecule has 0 bridgehead atoms. The van der Waals surface area contributed by atoms with Crippen molar-refractivity contribution in [2.45, 2.75) is 37.8 Å². The third-order valence-electron chi connectivity index (χ3n) is 3.63. The van der Waals surface area contributed by atoms with Crippen molar-refractivity contribution in [3.8, 4) is 0 Å². The Morgan fingerprint density at radius 3 is 3.00 bits per heavy atom. The third kappa shape index (κ3) is 2.68. The van der Waals surface area contributed by atoms with Gasteiger partial charge in [-0.3, -0.25) is 4.79 Å². The third-order valence-corrected chi connectivity index (χ3v) is 3.94. The average molecular weight is 268 g/mol. The van der Waals surface area contributed by atoms with Crippen LogP contribution in [0.2, 0.25) is 0 Å². The zero-order chi connectivity index (χ0) is 13.2. The smallest absolute Gasteiger partial charge is 0.251 e. The number of ether oxygens (including phenoxy) is 1. The first-order valence-electron chi connectivity index (χ1n) is 6.14. The van der Waals surface area contributed by atoms with E-state index < -0.39 is 0 Å². The monoisotopic (exact) mass is 267 g/mol. The first-order valence-corrected chi connectivity index (χ1v) is 6.67. The van der Waals surface area contributed by atoms with Crippen LogP contribution >= 0.6 is 11.6 Å². The van der Waals surface area contributed by atoms with E-state index in [4.69, 9.17) is 16.3 Å². The summed E-state index contributed by atoms with van der Waals surface area (Å²) in [7, 11) is 0. The number of halogens is 1. The predicted molar refractivity (Wildman–Crippen MR) is 71.9 cm³/mol. The standard InChI is InChI=1S/C14H18ClNO2/c1-10-14(2,6-7-18-10)16-13(17)12-5-3-4-11(8-12)9-15/h3-5,8,10H,6-7,9H2,1-2H3,(H,16,17). The van der Waals surface area contributed by atoms with Crippen LogP contribution in [0.1, 0.15) is 36.2 Å². The van der Waals surface area contributed by atoms with Gasteiger partial charge in [-0.25, -0.2) is 0 Å². The second-order valence-electron chi connectivity index (χ2n) is 4.97. The molecule has 1 heterocycles. The molecule has 3 nitrogen and oxygen atoms in total. The molecule has 0 aliphatic carbocycles. The first kappa shape index (κ1) is 13.4. The summed E-state index contributed by atoms with van der Waals surface area (Å²) in [4.78, 5) is 12.2. The molecule has 18 heavy (non-hydrogen) atoms. The highest BCUT2D eigenvalue weighted by Crippen LogP contribution is 2.25. The van der Waals surface area contributed by atoms with Gasteiger partial charge in [0.1, 0.15) is 0 Å². The summed E-state index contributed by atoms with van der Waals surface area (Å²) in [6.07, 6.45) is 0.882. The van der Waals surface area contributed by atoms with Crippen LogP contribution in [0.15, 0.2) is 24.3 Å². The quantitative estimate of drug-likeness (QED) is 0.855. The van der Waals surface area contributed by atoms with Crippen LogP contribution in [0.5, 0.6) is 0 Å². The Balaban J connectivity index is 2.12. The van der Waals surface area contributed by atoms with Crippen molar-refractivity contribution >= 4 is 17.5 Å². The molecule has 1 aliphatic heterocycles. The Hall–Kier alpha value is -1.06. The van der Waals surface area contributed by atoms with E-state index in [-0.39, 0.29) is 17.6 Å². The predicted octanol–water partition coefficient (Wildman–Crippen LogP) is 2.72. The Morgan fingerprint density at radius 2 is 2.39 bits per heavy atom. The van der Waals surface area contributed by atoms with E-state index in [9.17, 15) is 4.79 Å². The van der Waals surface area contributed by atoms with Crippen molar-refractivity contribution in [1.29, 1.82) is 0 Å². The molecule has 2 unspecified atom stereocenters. The van der Waals surface area contributed by atoms with Crippen LogP contribution in [0.4, 0.5) is 0 Å². The molecule has 1 aliphatic rings. The Bertz CT molecular complexity index is 449. The summed E-state index contributed by atoms with van der Waals surface area (Å²) < 4.78 is 5.51. The largest absolute Gasteiger partial charge is 0.376 e. The van der Waals surface area contributed by atoms with E-state index in [1.54, 1.807) is 6.07 Å². The fourth-order valence-electron chi connectivity index (χ4n) is 2.13. The fourth-order valence-corrected chi connectivity index (χ4v) is 2.29. The summed E-state index contributed by atoms with van der Waals surface area (Å²) in [5.41, 5.74) is 1.31. The van der Waals surface area contributed by atoms with Crippen LogP contribution in [0.3, 0.4) is 0 Å². The molecule has 0 spiro atoms. The lowest BCUT2D eigenvalue weighted by atomic mass is 9.94. The molecule has 0 aromatic heterocycles. The Kier molecular flexibility index (Phi) is 3.93. The van der Waals surface area contributed by atoms with E-state index in [1.165, 1.54) is 0 Å². The topological polar surface area (TPSA) is 38.3 Å². The molecule has 1 saturated heterocycles. The highest BCUT2D eigenvalue weighted by molar-refractivity contribution is 6.17. The number of amides is 1. The lowest BCUT2D eigenvalue weighted by Gasteiger charge is -2.28. The number of hydrogen-bond acceptors (Lipinski definition) is 2. The van der Waals surface area contributed by atoms with E-state index >= 15 is 0 Å². The van der Waals surface area contributed by atoms with Gasteiger partial charge < -0.3 is 10.1 Å². The van der Waals surface area contributed by atoms with Gasteiger partial charge in [-0.1, -0.05) is 12.1 Å². The number of hydrogen-bond donors (Lipinski definition) is 1. The normalized spacial score (nSPS) is 27.2. The Labute approximate surface area is 112 Å². The minimum Gasteiger partial charge on any atom is -0.376 e. The minimum absolute atomic E-state index is 0.0395. The number of rotatable bonds is 3. The van der Waals surface area contributed by atoms with E-state index in [1.807, 2.05) is 32.0 Å². The molecule has 1 N–H and O–H groups in total. The Morgan fingerprint density at radius 1 is 1.61 bits per heavy atom. The van der Waals surface area contributed by atoms with Gasteiger partial charge >= 0.3 is 0 Å². The van der Waals surface area contributed by atoms with Gasteiger partial charge in [0, 0.05) is 18.1 Å². The maximum atomic E-state index is 12.2.